The van der Waals surface area contributed by atoms with E-state index in [0.29, 0.717) is 28.8 Å². The Bertz CT molecular complexity index is 1210. The molecule has 1 amide bonds. The van der Waals surface area contributed by atoms with E-state index in [1.807, 2.05) is 42.7 Å². The minimum atomic E-state index is -0.654. The minimum absolute atomic E-state index is 0. The molecular formula is C27H37Cl4N5O2. The number of benzene rings is 2. The molecule has 3 aromatic rings. The first kappa shape index (κ1) is 34.0. The maximum absolute atomic E-state index is 12.9. The van der Waals surface area contributed by atoms with E-state index in [-0.39, 0.29) is 49.7 Å². The predicted octanol–water partition coefficient (Wildman–Crippen LogP) is 4.94. The van der Waals surface area contributed by atoms with Crippen molar-refractivity contribution in [3.8, 4) is 5.69 Å². The molecule has 4 rings (SSSR count). The lowest BCUT2D eigenvalue weighted by Crippen LogP contribution is -2.50. The first-order chi connectivity index (χ1) is 16.8. The number of aliphatic hydroxyl groups is 1. The van der Waals surface area contributed by atoms with Gasteiger partial charge >= 0.3 is 0 Å². The molecule has 2 N–H and O–H groups in total. The number of hydrogen-bond donors (Lipinski definition) is 2. The maximum atomic E-state index is 12.9. The summed E-state index contributed by atoms with van der Waals surface area (Å²) in [7, 11) is 0. The second kappa shape index (κ2) is 15.0. The van der Waals surface area contributed by atoms with Gasteiger partial charge in [-0.15, -0.1) is 37.2 Å². The van der Waals surface area contributed by atoms with Crippen molar-refractivity contribution in [2.45, 2.75) is 33.8 Å². The minimum Gasteiger partial charge on any atom is -0.390 e. The van der Waals surface area contributed by atoms with Crippen LogP contribution in [0, 0.1) is 27.7 Å². The van der Waals surface area contributed by atoms with Gasteiger partial charge in [0.1, 0.15) is 11.5 Å². The fraction of sp³-hybridized carbons (Fsp3) is 0.407. The zero-order chi connectivity index (χ0) is 25.1. The Morgan fingerprint density at radius 3 is 2.26 bits per heavy atom. The van der Waals surface area contributed by atoms with Crippen molar-refractivity contribution >= 4 is 60.4 Å². The molecule has 0 radical (unpaired) electrons. The van der Waals surface area contributed by atoms with Crippen molar-refractivity contribution in [3.05, 3.63) is 75.8 Å². The molecule has 38 heavy (non-hydrogen) atoms. The monoisotopic (exact) mass is 603 g/mol. The van der Waals surface area contributed by atoms with Gasteiger partial charge < -0.3 is 15.3 Å². The van der Waals surface area contributed by atoms with Gasteiger partial charge in [-0.05, 0) is 57.0 Å². The van der Waals surface area contributed by atoms with E-state index >= 15 is 0 Å². The Hall–Kier alpha value is -2.00. The number of amides is 1. The van der Waals surface area contributed by atoms with Crippen molar-refractivity contribution in [2.75, 3.05) is 44.2 Å². The van der Waals surface area contributed by atoms with Gasteiger partial charge in [-0.25, -0.2) is 4.98 Å². The van der Waals surface area contributed by atoms with Gasteiger partial charge in [0.05, 0.1) is 22.5 Å². The number of nitrogens with zero attached hydrogens (tertiary/aromatic N) is 4. The van der Waals surface area contributed by atoms with Gasteiger partial charge in [-0.3, -0.25) is 14.3 Å². The molecule has 7 nitrogen and oxygen atoms in total. The number of piperazine rings is 1. The fourth-order valence-corrected chi connectivity index (χ4v) is 4.97. The Labute approximate surface area is 248 Å². The van der Waals surface area contributed by atoms with Crippen LogP contribution < -0.4 is 10.2 Å². The Morgan fingerprint density at radius 2 is 1.61 bits per heavy atom. The lowest BCUT2D eigenvalue weighted by Gasteiger charge is -2.37. The van der Waals surface area contributed by atoms with Crippen LogP contribution in [-0.2, 0) is 0 Å². The third kappa shape index (κ3) is 7.56. The van der Waals surface area contributed by atoms with Crippen LogP contribution in [0.3, 0.4) is 0 Å². The molecule has 0 saturated carbocycles. The summed E-state index contributed by atoms with van der Waals surface area (Å²) in [5, 5.41) is 14.0. The summed E-state index contributed by atoms with van der Waals surface area (Å²) in [6.07, 6.45) is -0.654. The number of imidazole rings is 1. The number of halogens is 4. The number of para-hydroxylation sites is 1. The summed E-state index contributed by atoms with van der Waals surface area (Å²) < 4.78 is 1.88. The van der Waals surface area contributed by atoms with Gasteiger partial charge in [0.15, 0.2) is 0 Å². The summed E-state index contributed by atoms with van der Waals surface area (Å²) >= 11 is 6.36. The molecule has 0 spiro atoms. The van der Waals surface area contributed by atoms with Gasteiger partial charge in [0.25, 0.3) is 5.91 Å². The second-order valence-electron chi connectivity index (χ2n) is 9.25. The van der Waals surface area contributed by atoms with E-state index in [4.69, 9.17) is 11.6 Å². The van der Waals surface area contributed by atoms with Crippen LogP contribution in [0.5, 0.6) is 0 Å². The smallest absolute Gasteiger partial charge is 0.271 e. The average molecular weight is 605 g/mol. The van der Waals surface area contributed by atoms with Crippen molar-refractivity contribution in [1.82, 2.24) is 19.8 Å². The highest BCUT2D eigenvalue weighted by Gasteiger charge is 2.23. The van der Waals surface area contributed by atoms with Gasteiger partial charge in [-0.1, -0.05) is 35.9 Å². The quantitative estimate of drug-likeness (QED) is 0.400. The normalized spacial score (nSPS) is 14.1. The third-order valence-corrected chi connectivity index (χ3v) is 7.16. The first-order valence-electron chi connectivity index (χ1n) is 12.1. The lowest BCUT2D eigenvalue weighted by molar-refractivity contribution is 0.0847. The molecule has 1 unspecified atom stereocenters. The Balaban J connectivity index is 0.00000241. The van der Waals surface area contributed by atoms with E-state index in [2.05, 4.69) is 52.1 Å². The van der Waals surface area contributed by atoms with Crippen LogP contribution in [0.1, 0.15) is 33.1 Å². The summed E-state index contributed by atoms with van der Waals surface area (Å²) in [4.78, 5) is 22.0. The van der Waals surface area contributed by atoms with E-state index in [1.54, 1.807) is 0 Å². The van der Waals surface area contributed by atoms with E-state index < -0.39 is 6.10 Å². The van der Waals surface area contributed by atoms with Gasteiger partial charge in [0, 0.05) is 45.0 Å². The molecule has 210 valence electrons. The molecule has 11 heteroatoms. The van der Waals surface area contributed by atoms with Gasteiger partial charge in [-0.2, -0.15) is 0 Å². The first-order valence-corrected chi connectivity index (χ1v) is 12.4. The largest absolute Gasteiger partial charge is 0.390 e. The molecule has 2 heterocycles. The Morgan fingerprint density at radius 1 is 0.974 bits per heavy atom. The van der Waals surface area contributed by atoms with E-state index in [9.17, 15) is 9.90 Å². The van der Waals surface area contributed by atoms with Crippen LogP contribution >= 0.6 is 48.8 Å². The summed E-state index contributed by atoms with van der Waals surface area (Å²) in [6, 6.07) is 13.9. The maximum Gasteiger partial charge on any atom is 0.271 e. The molecule has 0 bridgehead atoms. The average Bonchev–Trinajstić information content (AvgIpc) is 3.14. The number of aryl methyl sites for hydroxylation is 2. The number of β-amino-alcohol motifs (C(OH)–C–C–N with tert-alkyl or cyclic N) is 1. The number of carbonyl (C=O) groups excluding carboxylic acids is 1. The molecule has 1 aromatic heterocycles. The molecule has 1 saturated heterocycles. The topological polar surface area (TPSA) is 73.6 Å². The Kier molecular flexibility index (Phi) is 13.4. The standard InChI is InChI=1S/C27H34ClN5O2.3ClH/c1-18-8-7-11-24(19(18)2)32-14-12-31(13-15-32)17-22(34)16-29-27(35)26-20(3)33(21(4)30-26)25-10-6-5-9-23(25)28;;;/h5-11,22,34H,12-17H2,1-4H3,(H,29,35);3*1H. The lowest BCUT2D eigenvalue weighted by atomic mass is 10.1. The molecule has 2 aromatic carbocycles. The highest BCUT2D eigenvalue weighted by molar-refractivity contribution is 6.32. The molecule has 1 atom stereocenters. The second-order valence-corrected chi connectivity index (χ2v) is 9.66. The number of nitrogens with one attached hydrogen (secondary N) is 1. The van der Waals surface area contributed by atoms with Crippen molar-refractivity contribution in [3.63, 3.8) is 0 Å². The zero-order valence-electron chi connectivity index (χ0n) is 22.1. The van der Waals surface area contributed by atoms with Crippen LogP contribution in [0.4, 0.5) is 5.69 Å². The van der Waals surface area contributed by atoms with Crippen molar-refractivity contribution in [1.29, 1.82) is 0 Å². The number of rotatable bonds is 7. The number of aromatic nitrogens is 2. The molecule has 0 aliphatic carbocycles. The fourth-order valence-electron chi connectivity index (χ4n) is 4.75. The SMILES string of the molecule is Cc1cccc(N2CCN(CC(O)CNC(=O)c3nc(C)n(-c4ccccc4Cl)c3C)CC2)c1C.Cl.Cl.Cl. The van der Waals surface area contributed by atoms with Crippen LogP contribution in [0.25, 0.3) is 5.69 Å². The molecular weight excluding hydrogens is 568 g/mol. The number of hydrogen-bond acceptors (Lipinski definition) is 5. The summed E-state index contributed by atoms with van der Waals surface area (Å²) in [5.74, 6) is 0.387. The van der Waals surface area contributed by atoms with E-state index in [0.717, 1.165) is 31.9 Å². The van der Waals surface area contributed by atoms with Crippen molar-refractivity contribution < 1.29 is 9.90 Å². The third-order valence-electron chi connectivity index (χ3n) is 6.84. The molecule has 1 aliphatic heterocycles. The predicted molar refractivity (Wildman–Crippen MR) is 163 cm³/mol. The number of anilines is 1. The summed E-state index contributed by atoms with van der Waals surface area (Å²) in [6.45, 7) is 12.3. The number of carbonyl (C=O) groups is 1. The van der Waals surface area contributed by atoms with Gasteiger partial charge in [0.2, 0.25) is 0 Å². The molecule has 1 fully saturated rings. The zero-order valence-corrected chi connectivity index (χ0v) is 25.3. The van der Waals surface area contributed by atoms with Crippen molar-refractivity contribution in [2.24, 2.45) is 0 Å². The van der Waals surface area contributed by atoms with Crippen LogP contribution in [0.2, 0.25) is 5.02 Å². The molecule has 1 aliphatic rings. The van der Waals surface area contributed by atoms with Crippen LogP contribution in [-0.4, -0.2) is 70.8 Å². The van der Waals surface area contributed by atoms with Crippen LogP contribution in [0.15, 0.2) is 42.5 Å². The highest BCUT2D eigenvalue weighted by Crippen LogP contribution is 2.25. The number of aliphatic hydroxyl groups excluding tert-OH is 1. The highest BCUT2D eigenvalue weighted by atomic mass is 35.5. The van der Waals surface area contributed by atoms with E-state index in [1.165, 1.54) is 16.8 Å². The summed E-state index contributed by atoms with van der Waals surface area (Å²) in [5.41, 5.74) is 5.77.